The zero-order valence-corrected chi connectivity index (χ0v) is 13.7. The highest BCUT2D eigenvalue weighted by molar-refractivity contribution is 7.18. The number of ether oxygens (including phenoxy) is 1. The second-order valence-corrected chi connectivity index (χ2v) is 6.98. The maximum absolute atomic E-state index is 5.97. The third-order valence-electron chi connectivity index (χ3n) is 4.66. The molecule has 1 heterocycles. The van der Waals surface area contributed by atoms with Crippen molar-refractivity contribution in [1.29, 1.82) is 0 Å². The van der Waals surface area contributed by atoms with Crippen LogP contribution in [0.15, 0.2) is 24.3 Å². The summed E-state index contributed by atoms with van der Waals surface area (Å²) in [6, 6.07) is 8.75. The number of likely N-dealkylation sites (N-methyl/N-ethyl adjacent to an activating group) is 1. The third-order valence-corrected chi connectivity index (χ3v) is 5.72. The molecule has 1 fully saturated rings. The number of benzene rings is 1. The summed E-state index contributed by atoms with van der Waals surface area (Å²) < 4.78 is 7.25. The summed E-state index contributed by atoms with van der Waals surface area (Å²) in [7, 11) is 1.87. The minimum atomic E-state index is -0.00609. The van der Waals surface area contributed by atoms with Crippen LogP contribution in [0.2, 0.25) is 0 Å². The van der Waals surface area contributed by atoms with E-state index in [1.54, 1.807) is 0 Å². The van der Waals surface area contributed by atoms with Gasteiger partial charge in [0.1, 0.15) is 0 Å². The van der Waals surface area contributed by atoms with E-state index in [0.29, 0.717) is 6.04 Å². The van der Waals surface area contributed by atoms with Crippen LogP contribution in [0.5, 0.6) is 0 Å². The molecular weight excluding hydrogens is 280 g/mol. The first-order chi connectivity index (χ1) is 10.3. The number of nitrogens with zero attached hydrogens (tertiary/aromatic N) is 1. The van der Waals surface area contributed by atoms with Crippen LogP contribution >= 0.6 is 11.3 Å². The zero-order chi connectivity index (χ0) is 14.7. The van der Waals surface area contributed by atoms with Crippen LogP contribution < -0.4 is 5.32 Å². The predicted molar refractivity (Wildman–Crippen MR) is 89.0 cm³/mol. The lowest BCUT2D eigenvalue weighted by Crippen LogP contribution is -2.51. The van der Waals surface area contributed by atoms with Crippen LogP contribution in [0.25, 0.3) is 10.2 Å². The Balaban J connectivity index is 1.84. The Bertz CT molecular complexity index is 556. The van der Waals surface area contributed by atoms with E-state index >= 15 is 0 Å². The van der Waals surface area contributed by atoms with Gasteiger partial charge in [-0.25, -0.2) is 4.98 Å². The zero-order valence-electron chi connectivity index (χ0n) is 12.9. The van der Waals surface area contributed by atoms with Crippen molar-refractivity contribution in [3.05, 3.63) is 29.3 Å². The standard InChI is InChI=1S/C17H24N2OS/c1-3-18-15(17(20-2)10-6-7-11-17)12-16-19-13-8-4-5-9-14(13)21-16/h4-5,8-9,15,18H,3,6-7,10-12H2,1-2H3. The average molecular weight is 304 g/mol. The second-order valence-electron chi connectivity index (χ2n) is 5.87. The molecule has 3 rings (SSSR count). The number of hydrogen-bond donors (Lipinski definition) is 1. The maximum atomic E-state index is 5.97. The van der Waals surface area contributed by atoms with Gasteiger partial charge in [0.2, 0.25) is 0 Å². The van der Waals surface area contributed by atoms with Crippen molar-refractivity contribution in [2.75, 3.05) is 13.7 Å². The third kappa shape index (κ3) is 2.98. The summed E-state index contributed by atoms with van der Waals surface area (Å²) in [5.74, 6) is 0. The molecule has 21 heavy (non-hydrogen) atoms. The molecule has 1 saturated carbocycles. The van der Waals surface area contributed by atoms with Crippen molar-refractivity contribution in [3.63, 3.8) is 0 Å². The van der Waals surface area contributed by atoms with Gasteiger partial charge in [-0.1, -0.05) is 31.9 Å². The van der Waals surface area contributed by atoms with Crippen LogP contribution in [0.1, 0.15) is 37.6 Å². The number of para-hydroxylation sites is 1. The van der Waals surface area contributed by atoms with Gasteiger partial charge < -0.3 is 10.1 Å². The lowest BCUT2D eigenvalue weighted by molar-refractivity contribution is -0.0351. The molecule has 2 aromatic rings. The molecule has 0 aliphatic heterocycles. The van der Waals surface area contributed by atoms with Crippen molar-refractivity contribution >= 4 is 21.6 Å². The van der Waals surface area contributed by atoms with Crippen LogP contribution in [-0.2, 0) is 11.2 Å². The van der Waals surface area contributed by atoms with Gasteiger partial charge in [0.15, 0.2) is 0 Å². The quantitative estimate of drug-likeness (QED) is 0.882. The number of methoxy groups -OCH3 is 1. The molecule has 1 aromatic carbocycles. The summed E-state index contributed by atoms with van der Waals surface area (Å²) >= 11 is 1.81. The van der Waals surface area contributed by atoms with Gasteiger partial charge >= 0.3 is 0 Å². The van der Waals surface area contributed by atoms with Gasteiger partial charge in [-0.05, 0) is 31.5 Å². The van der Waals surface area contributed by atoms with Gasteiger partial charge in [-0.15, -0.1) is 11.3 Å². The minimum Gasteiger partial charge on any atom is -0.377 e. The Kier molecular flexibility index (Phi) is 4.57. The summed E-state index contributed by atoms with van der Waals surface area (Å²) in [4.78, 5) is 4.79. The van der Waals surface area contributed by atoms with Crippen LogP contribution in [-0.4, -0.2) is 30.3 Å². The molecule has 114 valence electrons. The minimum absolute atomic E-state index is 0.00609. The van der Waals surface area contributed by atoms with E-state index in [1.807, 2.05) is 18.4 Å². The van der Waals surface area contributed by atoms with E-state index in [4.69, 9.17) is 9.72 Å². The van der Waals surface area contributed by atoms with Crippen LogP contribution in [0, 0.1) is 0 Å². The Labute approximate surface area is 130 Å². The molecule has 0 saturated heterocycles. The smallest absolute Gasteiger partial charge is 0.0955 e. The van der Waals surface area contributed by atoms with Crippen molar-refractivity contribution < 1.29 is 4.74 Å². The normalized spacial score (nSPS) is 19.1. The molecule has 0 bridgehead atoms. The molecular formula is C17H24N2OS. The monoisotopic (exact) mass is 304 g/mol. The van der Waals surface area contributed by atoms with E-state index < -0.39 is 0 Å². The fourth-order valence-electron chi connectivity index (χ4n) is 3.54. The number of aromatic nitrogens is 1. The first kappa shape index (κ1) is 14.9. The molecule has 0 spiro atoms. The summed E-state index contributed by atoms with van der Waals surface area (Å²) in [6.07, 6.45) is 5.82. The number of rotatable bonds is 6. The molecule has 1 aromatic heterocycles. The lowest BCUT2D eigenvalue weighted by Gasteiger charge is -2.36. The Morgan fingerprint density at radius 3 is 2.76 bits per heavy atom. The highest BCUT2D eigenvalue weighted by Gasteiger charge is 2.41. The highest BCUT2D eigenvalue weighted by Crippen LogP contribution is 2.37. The summed E-state index contributed by atoms with van der Waals surface area (Å²) in [5, 5.41) is 4.86. The Hall–Kier alpha value is -0.970. The van der Waals surface area contributed by atoms with E-state index in [0.717, 1.165) is 31.3 Å². The van der Waals surface area contributed by atoms with E-state index in [1.165, 1.54) is 22.5 Å². The molecule has 1 aliphatic rings. The van der Waals surface area contributed by atoms with E-state index in [-0.39, 0.29) is 5.60 Å². The van der Waals surface area contributed by atoms with Gasteiger partial charge in [0.05, 0.1) is 20.8 Å². The summed E-state index contributed by atoms with van der Waals surface area (Å²) in [6.45, 7) is 3.14. The highest BCUT2D eigenvalue weighted by atomic mass is 32.1. The molecule has 0 radical (unpaired) electrons. The summed E-state index contributed by atoms with van der Waals surface area (Å²) in [5.41, 5.74) is 1.11. The van der Waals surface area contributed by atoms with E-state index in [9.17, 15) is 0 Å². The number of thiazole rings is 1. The first-order valence-electron chi connectivity index (χ1n) is 7.90. The molecule has 1 atom stereocenters. The van der Waals surface area contributed by atoms with Crippen molar-refractivity contribution in [1.82, 2.24) is 10.3 Å². The Morgan fingerprint density at radius 2 is 2.10 bits per heavy atom. The lowest BCUT2D eigenvalue weighted by atomic mass is 9.89. The van der Waals surface area contributed by atoms with Gasteiger partial charge in [0, 0.05) is 19.6 Å². The van der Waals surface area contributed by atoms with Crippen molar-refractivity contribution in [3.8, 4) is 0 Å². The molecule has 1 aliphatic carbocycles. The largest absolute Gasteiger partial charge is 0.377 e. The number of nitrogens with one attached hydrogen (secondary N) is 1. The molecule has 1 N–H and O–H groups in total. The molecule has 1 unspecified atom stereocenters. The van der Waals surface area contributed by atoms with Gasteiger partial charge in [-0.3, -0.25) is 0 Å². The number of fused-ring (bicyclic) bond motifs is 1. The molecule has 0 amide bonds. The number of hydrogen-bond acceptors (Lipinski definition) is 4. The molecule has 3 nitrogen and oxygen atoms in total. The van der Waals surface area contributed by atoms with Crippen LogP contribution in [0.4, 0.5) is 0 Å². The fourth-order valence-corrected chi connectivity index (χ4v) is 4.55. The van der Waals surface area contributed by atoms with Gasteiger partial charge in [-0.2, -0.15) is 0 Å². The topological polar surface area (TPSA) is 34.2 Å². The SMILES string of the molecule is CCNC(Cc1nc2ccccc2s1)C1(OC)CCCC1. The molecule has 4 heteroatoms. The fraction of sp³-hybridized carbons (Fsp3) is 0.588. The van der Waals surface area contributed by atoms with Crippen LogP contribution in [0.3, 0.4) is 0 Å². The first-order valence-corrected chi connectivity index (χ1v) is 8.72. The van der Waals surface area contributed by atoms with Gasteiger partial charge in [0.25, 0.3) is 0 Å². The predicted octanol–water partition coefficient (Wildman–Crippen LogP) is 3.78. The van der Waals surface area contributed by atoms with Crippen molar-refractivity contribution in [2.45, 2.75) is 50.7 Å². The second kappa shape index (κ2) is 6.42. The Morgan fingerprint density at radius 1 is 1.33 bits per heavy atom. The average Bonchev–Trinajstić information content (AvgIpc) is 3.13. The van der Waals surface area contributed by atoms with Crippen molar-refractivity contribution in [2.24, 2.45) is 0 Å². The van der Waals surface area contributed by atoms with E-state index in [2.05, 4.69) is 36.5 Å². The maximum Gasteiger partial charge on any atom is 0.0955 e.